The van der Waals surface area contributed by atoms with Crippen LogP contribution in [0.2, 0.25) is 0 Å². The maximum atomic E-state index is 13.9. The van der Waals surface area contributed by atoms with Gasteiger partial charge in [-0.3, -0.25) is 9.69 Å². The molecule has 1 N–H and O–H groups in total. The molecule has 0 saturated carbocycles. The molecule has 0 aromatic heterocycles. The second kappa shape index (κ2) is 6.20. The predicted molar refractivity (Wildman–Crippen MR) is 91.7 cm³/mol. The highest BCUT2D eigenvalue weighted by Crippen LogP contribution is 2.39. The number of nitrogens with one attached hydrogen (secondary N) is 1. The number of urea groups is 1. The fourth-order valence-corrected chi connectivity index (χ4v) is 3.60. The third-order valence-electron chi connectivity index (χ3n) is 4.70. The van der Waals surface area contributed by atoms with Gasteiger partial charge in [-0.1, -0.05) is 24.3 Å². The molecule has 0 radical (unpaired) electrons. The number of rotatable bonds is 1. The summed E-state index contributed by atoms with van der Waals surface area (Å²) in [5.41, 5.74) is 1.44. The first kappa shape index (κ1) is 15.6. The molecule has 2 aliphatic heterocycles. The van der Waals surface area contributed by atoms with Gasteiger partial charge in [-0.15, -0.1) is 0 Å². The Morgan fingerprint density at radius 1 is 1.20 bits per heavy atom. The van der Waals surface area contributed by atoms with E-state index in [1.54, 1.807) is 12.1 Å². The number of ketones is 1. The van der Waals surface area contributed by atoms with Crippen molar-refractivity contribution in [2.75, 3.05) is 5.32 Å². The summed E-state index contributed by atoms with van der Waals surface area (Å²) in [5, 5.41) is 2.61. The van der Waals surface area contributed by atoms with Crippen LogP contribution < -0.4 is 5.32 Å². The summed E-state index contributed by atoms with van der Waals surface area (Å²) in [6.07, 6.45) is 9.97. The van der Waals surface area contributed by atoms with Crippen LogP contribution in [0.5, 0.6) is 0 Å². The van der Waals surface area contributed by atoms with Crippen molar-refractivity contribution < 1.29 is 14.0 Å². The smallest absolute Gasteiger partial charge is 0.328 e. The van der Waals surface area contributed by atoms with Gasteiger partial charge < -0.3 is 10.2 Å². The summed E-state index contributed by atoms with van der Waals surface area (Å²) in [5.74, 6) is -0.535. The van der Waals surface area contributed by atoms with Crippen molar-refractivity contribution >= 4 is 17.5 Å². The minimum atomic E-state index is -0.503. The summed E-state index contributed by atoms with van der Waals surface area (Å²) in [4.78, 5) is 28.9. The number of Topliss-reactive ketones (excluding diaryl/α,β-unsaturated/α-hetero) is 1. The zero-order valence-corrected chi connectivity index (χ0v) is 13.6. The monoisotopic (exact) mass is 339 g/mol. The average Bonchev–Trinajstić information content (AvgIpc) is 2.76. The third-order valence-corrected chi connectivity index (χ3v) is 4.70. The first-order valence-electron chi connectivity index (χ1n) is 8.39. The summed E-state index contributed by atoms with van der Waals surface area (Å²) in [6, 6.07) is 5.53. The zero-order chi connectivity index (χ0) is 17.4. The van der Waals surface area contributed by atoms with Gasteiger partial charge >= 0.3 is 6.03 Å². The van der Waals surface area contributed by atoms with Crippen LogP contribution in [0.4, 0.5) is 14.9 Å². The number of allylic oxidation sites excluding steroid dienone is 4. The van der Waals surface area contributed by atoms with Gasteiger partial charge in [0.25, 0.3) is 0 Å². The lowest BCUT2D eigenvalue weighted by atomic mass is 10.00. The molecule has 0 bridgehead atoms. The Morgan fingerprint density at radius 2 is 2.04 bits per heavy atom. The van der Waals surface area contributed by atoms with E-state index in [0.29, 0.717) is 18.5 Å². The van der Waals surface area contributed by atoms with Crippen molar-refractivity contribution in [1.29, 1.82) is 0 Å². The van der Waals surface area contributed by atoms with E-state index >= 15 is 0 Å². The number of halogens is 1. The predicted octanol–water partition coefficient (Wildman–Crippen LogP) is 3.74. The Kier molecular flexibility index (Phi) is 3.87. The lowest BCUT2D eigenvalue weighted by Crippen LogP contribution is -2.44. The van der Waals surface area contributed by atoms with E-state index in [0.717, 1.165) is 18.5 Å². The molecule has 2 heterocycles. The first-order valence-corrected chi connectivity index (χ1v) is 8.39. The molecular formula is C19H18FN3O2. The van der Waals surface area contributed by atoms with Gasteiger partial charge in [-0.05, 0) is 31.1 Å². The van der Waals surface area contributed by atoms with Gasteiger partial charge in [0, 0.05) is 24.7 Å². The van der Waals surface area contributed by atoms with E-state index in [1.807, 2.05) is 29.3 Å². The molecule has 25 heavy (non-hydrogen) atoms. The molecule has 3 aliphatic rings. The number of nitrogens with zero attached hydrogens (tertiary/aromatic N) is 2. The van der Waals surface area contributed by atoms with Crippen molar-refractivity contribution in [3.63, 3.8) is 0 Å². The Bertz CT molecular complexity index is 828. The molecule has 5 nitrogen and oxygen atoms in total. The van der Waals surface area contributed by atoms with E-state index in [1.165, 1.54) is 17.0 Å². The largest absolute Gasteiger partial charge is 0.328 e. The summed E-state index contributed by atoms with van der Waals surface area (Å²) in [7, 11) is 0. The molecule has 2 amide bonds. The van der Waals surface area contributed by atoms with E-state index in [4.69, 9.17) is 0 Å². The molecule has 1 atom stereocenters. The van der Waals surface area contributed by atoms with Gasteiger partial charge in [0.2, 0.25) is 0 Å². The molecule has 4 rings (SSSR count). The zero-order valence-electron chi connectivity index (χ0n) is 13.6. The first-order chi connectivity index (χ1) is 12.2. The number of carbonyl (C=O) groups excluding carboxylic acids is 2. The lowest BCUT2D eigenvalue weighted by molar-refractivity contribution is -0.117. The van der Waals surface area contributed by atoms with Crippen LogP contribution in [0.15, 0.2) is 60.1 Å². The van der Waals surface area contributed by atoms with Crippen LogP contribution in [0, 0.1) is 5.82 Å². The van der Waals surface area contributed by atoms with Crippen molar-refractivity contribution in [2.45, 2.75) is 31.8 Å². The summed E-state index contributed by atoms with van der Waals surface area (Å²) < 4.78 is 13.9. The van der Waals surface area contributed by atoms with Crippen molar-refractivity contribution in [1.82, 2.24) is 9.80 Å². The Labute approximate surface area is 145 Å². The number of hydrogen-bond donors (Lipinski definition) is 1. The van der Waals surface area contributed by atoms with Crippen LogP contribution in [0.3, 0.4) is 0 Å². The summed E-state index contributed by atoms with van der Waals surface area (Å²) >= 11 is 0. The molecule has 1 aromatic rings. The Hall–Kier alpha value is -2.89. The topological polar surface area (TPSA) is 52.7 Å². The Morgan fingerprint density at radius 3 is 2.88 bits per heavy atom. The van der Waals surface area contributed by atoms with E-state index < -0.39 is 11.8 Å². The maximum Gasteiger partial charge on any atom is 0.328 e. The average molecular weight is 339 g/mol. The van der Waals surface area contributed by atoms with Crippen molar-refractivity contribution in [3.8, 4) is 0 Å². The second-order valence-corrected chi connectivity index (χ2v) is 6.25. The number of carbonyl (C=O) groups is 2. The normalized spacial score (nSPS) is 22.0. The number of fused-ring (bicyclic) bond motifs is 2. The van der Waals surface area contributed by atoms with Crippen LogP contribution in [-0.2, 0) is 4.79 Å². The van der Waals surface area contributed by atoms with E-state index in [2.05, 4.69) is 5.32 Å². The molecule has 0 saturated heterocycles. The fourth-order valence-electron chi connectivity index (χ4n) is 3.60. The quantitative estimate of drug-likeness (QED) is 0.848. The van der Waals surface area contributed by atoms with Gasteiger partial charge in [0.15, 0.2) is 5.78 Å². The fraction of sp³-hybridized carbons (Fsp3) is 0.263. The Balaban J connectivity index is 1.71. The molecule has 1 unspecified atom stereocenters. The molecule has 1 aromatic carbocycles. The molecular weight excluding hydrogens is 321 g/mol. The van der Waals surface area contributed by atoms with Crippen LogP contribution in [0.25, 0.3) is 0 Å². The van der Waals surface area contributed by atoms with Gasteiger partial charge in [0.1, 0.15) is 17.7 Å². The number of hydrogen-bond acceptors (Lipinski definition) is 3. The van der Waals surface area contributed by atoms with Gasteiger partial charge in [0.05, 0.1) is 5.69 Å². The lowest BCUT2D eigenvalue weighted by Gasteiger charge is -2.30. The van der Waals surface area contributed by atoms with Crippen molar-refractivity contribution in [2.24, 2.45) is 0 Å². The number of anilines is 1. The highest BCUT2D eigenvalue weighted by molar-refractivity contribution is 6.03. The van der Waals surface area contributed by atoms with Gasteiger partial charge in [-0.2, -0.15) is 0 Å². The molecule has 0 fully saturated rings. The molecule has 128 valence electrons. The van der Waals surface area contributed by atoms with Crippen molar-refractivity contribution in [3.05, 3.63) is 65.9 Å². The highest BCUT2D eigenvalue weighted by atomic mass is 19.1. The van der Waals surface area contributed by atoms with Crippen LogP contribution >= 0.6 is 0 Å². The minimum absolute atomic E-state index is 0.0320. The van der Waals surface area contributed by atoms with Gasteiger partial charge in [-0.25, -0.2) is 9.18 Å². The third kappa shape index (κ3) is 2.63. The number of benzene rings is 1. The van der Waals surface area contributed by atoms with E-state index in [-0.39, 0.29) is 17.6 Å². The SMILES string of the molecule is O=C1CCCC2=C1N(C(=O)Nc1ccccc1F)C1CC=CC=CN21. The summed E-state index contributed by atoms with van der Waals surface area (Å²) in [6.45, 7) is 0. The van der Waals surface area contributed by atoms with Crippen LogP contribution in [-0.4, -0.2) is 27.8 Å². The molecule has 0 spiro atoms. The second-order valence-electron chi connectivity index (χ2n) is 6.25. The maximum absolute atomic E-state index is 13.9. The number of amides is 2. The number of para-hydroxylation sites is 1. The molecule has 1 aliphatic carbocycles. The van der Waals surface area contributed by atoms with E-state index in [9.17, 15) is 14.0 Å². The molecule has 6 heteroatoms. The standard InChI is InChI=1S/C19H18FN3O2/c20-13-7-3-4-8-14(13)21-19(25)23-17-11-2-1-5-12-22(17)15-9-6-10-16(24)18(15)23/h1-5,7-8,12,17H,6,9-11H2,(H,21,25). The highest BCUT2D eigenvalue weighted by Gasteiger charge is 2.44. The minimum Gasteiger partial charge on any atom is -0.328 e. The van der Waals surface area contributed by atoms with Crippen LogP contribution in [0.1, 0.15) is 25.7 Å².